The molecule has 2 aromatic rings. The van der Waals surface area contributed by atoms with E-state index in [0.717, 1.165) is 29.9 Å². The van der Waals surface area contributed by atoms with Gasteiger partial charge in [0.1, 0.15) is 0 Å². The van der Waals surface area contributed by atoms with Gasteiger partial charge < -0.3 is 10.2 Å². The van der Waals surface area contributed by atoms with Gasteiger partial charge >= 0.3 is 0 Å². The van der Waals surface area contributed by atoms with Crippen LogP contribution in [-0.2, 0) is 4.79 Å². The van der Waals surface area contributed by atoms with Gasteiger partial charge in [0, 0.05) is 34.9 Å². The second-order valence-corrected chi connectivity index (χ2v) is 6.78. The number of nitrogens with one attached hydrogen (secondary N) is 1. The van der Waals surface area contributed by atoms with Crippen LogP contribution in [0.15, 0.2) is 42.5 Å². The van der Waals surface area contributed by atoms with Crippen molar-refractivity contribution in [2.75, 3.05) is 23.3 Å². The van der Waals surface area contributed by atoms with Crippen LogP contribution >= 0.6 is 11.6 Å². The van der Waals surface area contributed by atoms with E-state index in [1.807, 2.05) is 18.2 Å². The van der Waals surface area contributed by atoms with Gasteiger partial charge in [0.15, 0.2) is 0 Å². The van der Waals surface area contributed by atoms with Crippen molar-refractivity contribution in [2.24, 2.45) is 0 Å². The van der Waals surface area contributed by atoms with Gasteiger partial charge in [-0.1, -0.05) is 29.8 Å². The Bertz CT molecular complexity index is 805. The zero-order valence-corrected chi connectivity index (χ0v) is 14.1. The molecule has 0 aliphatic carbocycles. The summed E-state index contributed by atoms with van der Waals surface area (Å²) in [6.07, 6.45) is 5.81. The summed E-state index contributed by atoms with van der Waals surface area (Å²) in [6.45, 7) is 2.27. The monoisotopic (exact) mass is 338 g/mol. The zero-order chi connectivity index (χ0) is 16.5. The third kappa shape index (κ3) is 2.92. The number of hydrogen-bond donors (Lipinski definition) is 1. The summed E-state index contributed by atoms with van der Waals surface area (Å²) in [5.41, 5.74) is 4.67. The summed E-state index contributed by atoms with van der Waals surface area (Å²) in [5, 5.41) is 3.50. The molecule has 0 saturated carbocycles. The highest BCUT2D eigenvalue weighted by Crippen LogP contribution is 2.35. The summed E-state index contributed by atoms with van der Waals surface area (Å²) in [6, 6.07) is 13.9. The van der Waals surface area contributed by atoms with Crippen LogP contribution in [0.3, 0.4) is 0 Å². The number of halogens is 1. The number of hydrogen-bond acceptors (Lipinski definition) is 2. The van der Waals surface area contributed by atoms with Crippen molar-refractivity contribution < 1.29 is 4.79 Å². The molecule has 1 saturated heterocycles. The summed E-state index contributed by atoms with van der Waals surface area (Å²) >= 11 is 5.99. The van der Waals surface area contributed by atoms with Gasteiger partial charge in [0.05, 0.1) is 5.69 Å². The van der Waals surface area contributed by atoms with E-state index >= 15 is 0 Å². The minimum Gasteiger partial charge on any atom is -0.372 e. The number of fused-ring (bicyclic) bond motifs is 1. The molecule has 0 unspecified atom stereocenters. The van der Waals surface area contributed by atoms with Gasteiger partial charge in [0.2, 0.25) is 0 Å². The first-order valence-corrected chi connectivity index (χ1v) is 8.76. The number of benzene rings is 2. The molecule has 2 heterocycles. The summed E-state index contributed by atoms with van der Waals surface area (Å²) < 4.78 is 0. The highest BCUT2D eigenvalue weighted by molar-refractivity contribution is 6.36. The Morgan fingerprint density at radius 2 is 1.75 bits per heavy atom. The van der Waals surface area contributed by atoms with Crippen LogP contribution in [0.1, 0.15) is 30.4 Å². The number of piperidine rings is 1. The van der Waals surface area contributed by atoms with E-state index < -0.39 is 0 Å². The lowest BCUT2D eigenvalue weighted by molar-refractivity contribution is -0.110. The summed E-state index contributed by atoms with van der Waals surface area (Å²) in [5.74, 6) is -0.0765. The molecule has 4 rings (SSSR count). The second-order valence-electron chi connectivity index (χ2n) is 6.34. The Labute approximate surface area is 146 Å². The molecule has 0 bridgehead atoms. The molecule has 1 fully saturated rings. The lowest BCUT2D eigenvalue weighted by atomic mass is 10.0. The van der Waals surface area contributed by atoms with Crippen LogP contribution in [0.5, 0.6) is 0 Å². The van der Waals surface area contributed by atoms with Crippen molar-refractivity contribution in [1.29, 1.82) is 0 Å². The van der Waals surface area contributed by atoms with Gasteiger partial charge in [-0.05, 0) is 55.2 Å². The Hall–Kier alpha value is -2.26. The van der Waals surface area contributed by atoms with E-state index in [9.17, 15) is 4.79 Å². The van der Waals surface area contributed by atoms with Crippen LogP contribution in [0.25, 0.3) is 11.6 Å². The number of amides is 1. The van der Waals surface area contributed by atoms with Crippen molar-refractivity contribution in [3.63, 3.8) is 0 Å². The van der Waals surface area contributed by atoms with E-state index in [-0.39, 0.29) is 5.91 Å². The number of nitrogens with zero attached hydrogens (tertiary/aromatic N) is 1. The smallest absolute Gasteiger partial charge is 0.256 e. The maximum absolute atomic E-state index is 12.2. The third-order valence-electron chi connectivity index (χ3n) is 4.69. The third-order valence-corrected chi connectivity index (χ3v) is 4.93. The van der Waals surface area contributed by atoms with Crippen molar-refractivity contribution in [1.82, 2.24) is 0 Å². The first-order valence-electron chi connectivity index (χ1n) is 8.39. The minimum atomic E-state index is -0.0765. The van der Waals surface area contributed by atoms with E-state index in [1.54, 1.807) is 6.07 Å². The normalized spacial score (nSPS) is 18.6. The van der Waals surface area contributed by atoms with Crippen molar-refractivity contribution in [3.05, 3.63) is 58.6 Å². The SMILES string of the molecule is O=C1Nc2cc(Cl)ccc2C1=Cc1ccc(N2CCCCC2)cc1. The van der Waals surface area contributed by atoms with Crippen molar-refractivity contribution in [3.8, 4) is 0 Å². The average Bonchev–Trinajstić information content (AvgIpc) is 2.91. The lowest BCUT2D eigenvalue weighted by Crippen LogP contribution is -2.29. The number of carbonyl (C=O) groups excluding carboxylic acids is 1. The van der Waals surface area contributed by atoms with Gasteiger partial charge in [-0.2, -0.15) is 0 Å². The molecule has 1 amide bonds. The molecule has 0 atom stereocenters. The highest BCUT2D eigenvalue weighted by atomic mass is 35.5. The van der Waals surface area contributed by atoms with Crippen molar-refractivity contribution >= 4 is 40.5 Å². The number of carbonyl (C=O) groups is 1. The van der Waals surface area contributed by atoms with Gasteiger partial charge in [-0.25, -0.2) is 0 Å². The molecule has 24 heavy (non-hydrogen) atoms. The molecule has 122 valence electrons. The highest BCUT2D eigenvalue weighted by Gasteiger charge is 2.24. The lowest BCUT2D eigenvalue weighted by Gasteiger charge is -2.28. The molecule has 2 aliphatic heterocycles. The molecule has 4 heteroatoms. The molecule has 3 nitrogen and oxygen atoms in total. The maximum atomic E-state index is 12.2. The largest absolute Gasteiger partial charge is 0.372 e. The molecule has 2 aromatic carbocycles. The minimum absolute atomic E-state index is 0.0765. The molecular weight excluding hydrogens is 320 g/mol. The van der Waals surface area contributed by atoms with Gasteiger partial charge in [-0.3, -0.25) is 4.79 Å². The Morgan fingerprint density at radius 3 is 2.50 bits per heavy atom. The number of anilines is 2. The van der Waals surface area contributed by atoms with Gasteiger partial charge in [0.25, 0.3) is 5.91 Å². The van der Waals surface area contributed by atoms with Gasteiger partial charge in [-0.15, -0.1) is 0 Å². The standard InChI is InChI=1S/C20H19ClN2O/c21-15-6-9-17-18(20(24)22-19(17)13-15)12-14-4-7-16(8-5-14)23-10-2-1-3-11-23/h4-9,12-13H,1-3,10-11H2,(H,22,24). The molecule has 0 radical (unpaired) electrons. The number of rotatable bonds is 2. The summed E-state index contributed by atoms with van der Waals surface area (Å²) in [4.78, 5) is 14.7. The predicted molar refractivity (Wildman–Crippen MR) is 100 cm³/mol. The topological polar surface area (TPSA) is 32.3 Å². The molecule has 0 aromatic heterocycles. The van der Waals surface area contributed by atoms with Crippen LogP contribution < -0.4 is 10.2 Å². The van der Waals surface area contributed by atoms with Crippen LogP contribution in [0, 0.1) is 0 Å². The Morgan fingerprint density at radius 1 is 1.00 bits per heavy atom. The van der Waals surface area contributed by atoms with E-state index in [0.29, 0.717) is 10.6 Å². The molecule has 0 spiro atoms. The maximum Gasteiger partial charge on any atom is 0.256 e. The van der Waals surface area contributed by atoms with Crippen LogP contribution in [0.4, 0.5) is 11.4 Å². The second kappa shape index (κ2) is 6.33. The van der Waals surface area contributed by atoms with E-state index in [1.165, 1.54) is 24.9 Å². The van der Waals surface area contributed by atoms with E-state index in [4.69, 9.17) is 11.6 Å². The Kier molecular flexibility index (Phi) is 4.03. The molecule has 2 aliphatic rings. The fraction of sp³-hybridized carbons (Fsp3) is 0.250. The summed E-state index contributed by atoms with van der Waals surface area (Å²) in [7, 11) is 0. The molecular formula is C20H19ClN2O. The fourth-order valence-corrected chi connectivity index (χ4v) is 3.58. The van der Waals surface area contributed by atoms with Crippen molar-refractivity contribution in [2.45, 2.75) is 19.3 Å². The fourth-order valence-electron chi connectivity index (χ4n) is 3.41. The molecule has 1 N–H and O–H groups in total. The average molecular weight is 339 g/mol. The van der Waals surface area contributed by atoms with Crippen LogP contribution in [-0.4, -0.2) is 19.0 Å². The zero-order valence-electron chi connectivity index (χ0n) is 13.4. The predicted octanol–water partition coefficient (Wildman–Crippen LogP) is 4.82. The van der Waals surface area contributed by atoms with Crippen LogP contribution in [0.2, 0.25) is 5.02 Å². The Balaban J connectivity index is 1.61. The quantitative estimate of drug-likeness (QED) is 0.796. The first kappa shape index (κ1) is 15.3. The first-order chi connectivity index (χ1) is 11.7. The van der Waals surface area contributed by atoms with E-state index in [2.05, 4.69) is 34.5 Å².